The lowest BCUT2D eigenvalue weighted by atomic mass is 9.95. The zero-order valence-corrected chi connectivity index (χ0v) is 10.5. The highest BCUT2D eigenvalue weighted by Crippen LogP contribution is 2.44. The van der Waals surface area contributed by atoms with Crippen molar-refractivity contribution in [2.75, 3.05) is 0 Å². The molecule has 0 aliphatic heterocycles. The Morgan fingerprint density at radius 1 is 1.28 bits per heavy atom. The van der Waals surface area contributed by atoms with Gasteiger partial charge in [-0.25, -0.2) is 4.52 Å². The molecule has 2 saturated carbocycles. The zero-order valence-electron chi connectivity index (χ0n) is 10.5. The van der Waals surface area contributed by atoms with Crippen LogP contribution in [-0.2, 0) is 6.54 Å². The third-order valence-corrected chi connectivity index (χ3v) is 4.80. The molecule has 3 unspecified atom stereocenters. The fourth-order valence-corrected chi connectivity index (χ4v) is 3.86. The fraction of sp³-hybridized carbons (Fsp3) is 0.533. The normalized spacial score (nSPS) is 30.3. The van der Waals surface area contributed by atoms with Crippen LogP contribution in [0, 0.1) is 11.8 Å². The van der Waals surface area contributed by atoms with Gasteiger partial charge in [0.05, 0.1) is 11.7 Å². The van der Waals surface area contributed by atoms with Gasteiger partial charge in [-0.15, -0.1) is 0 Å². The Morgan fingerprint density at radius 3 is 3.11 bits per heavy atom. The van der Waals surface area contributed by atoms with E-state index in [2.05, 4.69) is 22.5 Å². The standard InChI is InChI=1S/C15H19N3/c1-2-6-18-15(3-1)13(10-17-18)9-16-14-8-11-4-5-12(14)7-11/h1-3,6,10-12,14,16H,4-5,7-9H2. The summed E-state index contributed by atoms with van der Waals surface area (Å²) in [6.07, 6.45) is 9.78. The molecule has 2 heterocycles. The molecule has 2 aliphatic carbocycles. The smallest absolute Gasteiger partial charge is 0.0706 e. The van der Waals surface area contributed by atoms with Crippen molar-refractivity contribution in [3.05, 3.63) is 36.2 Å². The van der Waals surface area contributed by atoms with Gasteiger partial charge in [0.25, 0.3) is 0 Å². The molecular formula is C15H19N3. The Morgan fingerprint density at radius 2 is 2.28 bits per heavy atom. The van der Waals surface area contributed by atoms with E-state index in [9.17, 15) is 0 Å². The van der Waals surface area contributed by atoms with E-state index < -0.39 is 0 Å². The summed E-state index contributed by atoms with van der Waals surface area (Å²) in [4.78, 5) is 0. The maximum atomic E-state index is 4.39. The van der Waals surface area contributed by atoms with Crippen LogP contribution in [0.25, 0.3) is 5.52 Å². The van der Waals surface area contributed by atoms with Crippen molar-refractivity contribution in [3.63, 3.8) is 0 Å². The Hall–Kier alpha value is -1.35. The third kappa shape index (κ3) is 1.65. The SMILES string of the molecule is c1ccn2ncc(CNC3CC4CCC3C4)c2c1. The largest absolute Gasteiger partial charge is 0.309 e. The number of hydrogen-bond donors (Lipinski definition) is 1. The van der Waals surface area contributed by atoms with Gasteiger partial charge in [-0.2, -0.15) is 5.10 Å². The lowest BCUT2D eigenvalue weighted by Gasteiger charge is -2.22. The van der Waals surface area contributed by atoms with Gasteiger partial charge in [-0.1, -0.05) is 12.5 Å². The first-order valence-corrected chi connectivity index (χ1v) is 7.05. The highest BCUT2D eigenvalue weighted by Gasteiger charge is 2.38. The average Bonchev–Trinajstić information content (AvgIpc) is 3.11. The topological polar surface area (TPSA) is 29.3 Å². The van der Waals surface area contributed by atoms with E-state index in [4.69, 9.17) is 0 Å². The summed E-state index contributed by atoms with van der Waals surface area (Å²) < 4.78 is 1.96. The molecule has 3 atom stereocenters. The molecule has 2 aromatic rings. The van der Waals surface area contributed by atoms with Crippen LogP contribution in [0.15, 0.2) is 30.6 Å². The molecule has 0 radical (unpaired) electrons. The van der Waals surface area contributed by atoms with E-state index in [0.717, 1.165) is 24.4 Å². The van der Waals surface area contributed by atoms with Gasteiger partial charge < -0.3 is 5.32 Å². The van der Waals surface area contributed by atoms with Crippen molar-refractivity contribution in [2.24, 2.45) is 11.8 Å². The first-order chi connectivity index (χ1) is 8.90. The molecule has 0 saturated heterocycles. The first kappa shape index (κ1) is 10.6. The molecule has 0 spiro atoms. The van der Waals surface area contributed by atoms with E-state index in [1.54, 1.807) is 0 Å². The van der Waals surface area contributed by atoms with Gasteiger partial charge in [0.15, 0.2) is 0 Å². The third-order valence-electron chi connectivity index (χ3n) is 4.80. The summed E-state index contributed by atoms with van der Waals surface area (Å²) >= 11 is 0. The number of nitrogens with zero attached hydrogens (tertiary/aromatic N) is 2. The number of nitrogens with one attached hydrogen (secondary N) is 1. The van der Waals surface area contributed by atoms with E-state index in [0.29, 0.717) is 0 Å². The second kappa shape index (κ2) is 4.09. The maximum Gasteiger partial charge on any atom is 0.0706 e. The quantitative estimate of drug-likeness (QED) is 0.895. The van der Waals surface area contributed by atoms with Crippen molar-refractivity contribution in [2.45, 2.75) is 38.3 Å². The molecule has 0 amide bonds. The molecule has 18 heavy (non-hydrogen) atoms. The lowest BCUT2D eigenvalue weighted by molar-refractivity contribution is 0.351. The predicted octanol–water partition coefficient (Wildman–Crippen LogP) is 2.61. The monoisotopic (exact) mass is 241 g/mol. The van der Waals surface area contributed by atoms with Gasteiger partial charge in [-0.3, -0.25) is 0 Å². The molecule has 3 nitrogen and oxygen atoms in total. The van der Waals surface area contributed by atoms with Crippen molar-refractivity contribution in [1.29, 1.82) is 0 Å². The molecule has 2 aliphatic rings. The molecule has 2 aromatic heterocycles. The van der Waals surface area contributed by atoms with Crippen LogP contribution in [0.5, 0.6) is 0 Å². The van der Waals surface area contributed by atoms with Crippen LogP contribution in [0.2, 0.25) is 0 Å². The number of fused-ring (bicyclic) bond motifs is 3. The van der Waals surface area contributed by atoms with E-state index in [1.807, 2.05) is 23.0 Å². The molecule has 94 valence electrons. The summed E-state index contributed by atoms with van der Waals surface area (Å²) in [6.45, 7) is 0.960. The molecule has 4 rings (SSSR count). The van der Waals surface area contributed by atoms with Crippen molar-refractivity contribution >= 4 is 5.52 Å². The van der Waals surface area contributed by atoms with Gasteiger partial charge in [0.2, 0.25) is 0 Å². The molecule has 0 aromatic carbocycles. The van der Waals surface area contributed by atoms with E-state index in [-0.39, 0.29) is 0 Å². The average molecular weight is 241 g/mol. The Labute approximate surface area is 107 Å². The Kier molecular flexibility index (Phi) is 2.40. The number of aromatic nitrogens is 2. The van der Waals surface area contributed by atoms with Crippen molar-refractivity contribution in [3.8, 4) is 0 Å². The van der Waals surface area contributed by atoms with E-state index >= 15 is 0 Å². The van der Waals surface area contributed by atoms with Crippen LogP contribution in [0.4, 0.5) is 0 Å². The first-order valence-electron chi connectivity index (χ1n) is 7.05. The Balaban J connectivity index is 1.48. The van der Waals surface area contributed by atoms with Crippen LogP contribution in [-0.4, -0.2) is 15.7 Å². The second-order valence-electron chi connectivity index (χ2n) is 5.86. The molecule has 3 heteroatoms. The number of hydrogen-bond acceptors (Lipinski definition) is 2. The van der Waals surface area contributed by atoms with Gasteiger partial charge in [0.1, 0.15) is 0 Å². The van der Waals surface area contributed by atoms with Crippen LogP contribution < -0.4 is 5.32 Å². The van der Waals surface area contributed by atoms with E-state index in [1.165, 1.54) is 36.8 Å². The van der Waals surface area contributed by atoms with Crippen LogP contribution >= 0.6 is 0 Å². The van der Waals surface area contributed by atoms with Crippen LogP contribution in [0.1, 0.15) is 31.2 Å². The minimum absolute atomic E-state index is 0.752. The van der Waals surface area contributed by atoms with Crippen molar-refractivity contribution in [1.82, 2.24) is 14.9 Å². The zero-order chi connectivity index (χ0) is 11.9. The van der Waals surface area contributed by atoms with Gasteiger partial charge in [-0.05, 0) is 43.2 Å². The molecular weight excluding hydrogens is 222 g/mol. The summed E-state index contributed by atoms with van der Waals surface area (Å²) in [5.74, 6) is 1.95. The molecule has 2 fully saturated rings. The lowest BCUT2D eigenvalue weighted by Crippen LogP contribution is -2.33. The summed E-state index contributed by atoms with van der Waals surface area (Å²) in [5.41, 5.74) is 2.55. The minimum atomic E-state index is 0.752. The maximum absolute atomic E-state index is 4.39. The molecule has 1 N–H and O–H groups in total. The summed E-state index contributed by atoms with van der Waals surface area (Å²) in [6, 6.07) is 7.00. The van der Waals surface area contributed by atoms with Crippen molar-refractivity contribution < 1.29 is 0 Å². The molecule has 2 bridgehead atoms. The van der Waals surface area contributed by atoms with Gasteiger partial charge >= 0.3 is 0 Å². The number of rotatable bonds is 3. The van der Waals surface area contributed by atoms with Gasteiger partial charge in [0, 0.05) is 24.3 Å². The number of pyridine rings is 1. The highest BCUT2D eigenvalue weighted by atomic mass is 15.2. The summed E-state index contributed by atoms with van der Waals surface area (Å²) in [7, 11) is 0. The highest BCUT2D eigenvalue weighted by molar-refractivity contribution is 5.53. The fourth-order valence-electron chi connectivity index (χ4n) is 3.86. The summed E-state index contributed by atoms with van der Waals surface area (Å²) in [5, 5.41) is 8.14. The minimum Gasteiger partial charge on any atom is -0.309 e. The second-order valence-corrected chi connectivity index (χ2v) is 5.86. The Bertz CT molecular complexity index is 560. The van der Waals surface area contributed by atoms with Crippen LogP contribution in [0.3, 0.4) is 0 Å². The predicted molar refractivity (Wildman–Crippen MR) is 71.3 cm³/mol.